The van der Waals surface area contributed by atoms with Crippen LogP contribution in [0.15, 0.2) is 64.9 Å². The molecule has 0 fully saturated rings. The van der Waals surface area contributed by atoms with Gasteiger partial charge >= 0.3 is 20.2 Å². The fraction of sp³-hybridized carbons (Fsp3) is 0.500. The summed E-state index contributed by atoms with van der Waals surface area (Å²) in [5, 5.41) is 7.89. The fourth-order valence-electron chi connectivity index (χ4n) is 3.66. The van der Waals surface area contributed by atoms with Crippen molar-refractivity contribution in [1.82, 2.24) is 5.01 Å². The maximum absolute atomic E-state index is 13.9. The van der Waals surface area contributed by atoms with Crippen LogP contribution in [0.5, 0.6) is 17.2 Å². The van der Waals surface area contributed by atoms with Crippen molar-refractivity contribution in [2.75, 3.05) is 46.1 Å². The molecule has 0 unspecified atom stereocenters. The molecular weight excluding hydrogens is 520 g/mol. The molecule has 204 valence electrons. The standard InChI is InChI=1S/C24H35N3O8P2/c1-5-31-36(28,32-6-2)24(37(29,33-7-3)34-8-4)20-27(26-25-24)18-19-30-21-14-16-23(17-15-21)35-22-12-10-9-11-13-22/h9-17H,5-8,18-20H2,1-4H3. The Morgan fingerprint density at radius 2 is 1.24 bits per heavy atom. The lowest BCUT2D eigenvalue weighted by atomic mass is 10.3. The minimum absolute atomic E-state index is 0.0554. The minimum Gasteiger partial charge on any atom is -0.492 e. The van der Waals surface area contributed by atoms with Gasteiger partial charge in [-0.2, -0.15) is 0 Å². The van der Waals surface area contributed by atoms with E-state index >= 15 is 0 Å². The van der Waals surface area contributed by atoms with Gasteiger partial charge in [-0.15, -0.1) is 5.11 Å². The van der Waals surface area contributed by atoms with E-state index in [9.17, 15) is 9.13 Å². The summed E-state index contributed by atoms with van der Waals surface area (Å²) in [6.07, 6.45) is 0. The van der Waals surface area contributed by atoms with Gasteiger partial charge in [-0.25, -0.2) is 0 Å². The zero-order chi connectivity index (χ0) is 26.8. The summed E-state index contributed by atoms with van der Waals surface area (Å²) in [5.74, 6) is 2.06. The Bertz CT molecular complexity index is 1050. The number of para-hydroxylation sites is 1. The summed E-state index contributed by atoms with van der Waals surface area (Å²) >= 11 is 0. The Balaban J connectivity index is 1.68. The van der Waals surface area contributed by atoms with Gasteiger partial charge < -0.3 is 27.6 Å². The summed E-state index contributed by atoms with van der Waals surface area (Å²) in [7, 11) is -8.22. The molecule has 1 aliphatic rings. The highest BCUT2D eigenvalue weighted by molar-refractivity contribution is 7.74. The lowest BCUT2D eigenvalue weighted by Crippen LogP contribution is -2.38. The lowest BCUT2D eigenvalue weighted by molar-refractivity contribution is 0.169. The molecule has 1 heterocycles. The van der Waals surface area contributed by atoms with E-state index in [2.05, 4.69) is 10.3 Å². The maximum atomic E-state index is 13.9. The largest absolute Gasteiger partial charge is 0.492 e. The van der Waals surface area contributed by atoms with Gasteiger partial charge in [-0.05, 0) is 64.1 Å². The molecule has 0 saturated heterocycles. The molecule has 13 heteroatoms. The second kappa shape index (κ2) is 13.5. The smallest absolute Gasteiger partial charge is 0.374 e. The summed E-state index contributed by atoms with van der Waals surface area (Å²) in [4.78, 5) is 0. The molecule has 37 heavy (non-hydrogen) atoms. The highest BCUT2D eigenvalue weighted by atomic mass is 31.2. The van der Waals surface area contributed by atoms with Crippen molar-refractivity contribution in [3.63, 3.8) is 0 Å². The zero-order valence-corrected chi connectivity index (χ0v) is 23.4. The first-order valence-corrected chi connectivity index (χ1v) is 15.4. The average Bonchev–Trinajstić information content (AvgIpc) is 3.33. The van der Waals surface area contributed by atoms with Crippen LogP contribution in [0.2, 0.25) is 0 Å². The molecule has 2 aromatic carbocycles. The van der Waals surface area contributed by atoms with Crippen LogP contribution in [0.4, 0.5) is 0 Å². The summed E-state index contributed by atoms with van der Waals surface area (Å²) in [6.45, 7) is 7.24. The molecule has 1 aliphatic heterocycles. The van der Waals surface area contributed by atoms with Crippen LogP contribution in [0.3, 0.4) is 0 Å². The first kappa shape index (κ1) is 29.3. The third-order valence-corrected chi connectivity index (χ3v) is 11.3. The van der Waals surface area contributed by atoms with Crippen LogP contribution in [-0.2, 0) is 27.2 Å². The first-order valence-electron chi connectivity index (χ1n) is 12.3. The SMILES string of the molecule is CCOP(=O)(OCC)C1(P(=O)(OCC)OCC)CN(CCOc2ccc(Oc3ccccc3)cc2)N=N1. The van der Waals surface area contributed by atoms with E-state index in [-0.39, 0.29) is 46.1 Å². The molecule has 2 aromatic rings. The minimum atomic E-state index is -4.11. The number of hydrogen-bond donors (Lipinski definition) is 0. The Morgan fingerprint density at radius 1 is 0.757 bits per heavy atom. The molecule has 0 amide bonds. The van der Waals surface area contributed by atoms with E-state index < -0.39 is 20.2 Å². The van der Waals surface area contributed by atoms with Crippen molar-refractivity contribution in [2.24, 2.45) is 10.3 Å². The van der Waals surface area contributed by atoms with Crippen LogP contribution in [0.1, 0.15) is 27.7 Å². The van der Waals surface area contributed by atoms with E-state index in [1.54, 1.807) is 39.8 Å². The van der Waals surface area contributed by atoms with Crippen LogP contribution >= 0.6 is 15.2 Å². The van der Waals surface area contributed by atoms with Crippen molar-refractivity contribution in [1.29, 1.82) is 0 Å². The fourth-order valence-corrected chi connectivity index (χ4v) is 8.87. The van der Waals surface area contributed by atoms with Crippen molar-refractivity contribution < 1.29 is 36.7 Å². The number of hydrogen-bond acceptors (Lipinski definition) is 11. The molecule has 0 aliphatic carbocycles. The van der Waals surface area contributed by atoms with Gasteiger partial charge in [0, 0.05) is 0 Å². The predicted octanol–water partition coefficient (Wildman–Crippen LogP) is 6.73. The second-order valence-electron chi connectivity index (χ2n) is 7.75. The molecule has 0 aromatic heterocycles. The van der Waals surface area contributed by atoms with E-state index in [4.69, 9.17) is 27.6 Å². The van der Waals surface area contributed by atoms with Gasteiger partial charge in [-0.3, -0.25) is 14.1 Å². The van der Waals surface area contributed by atoms with E-state index in [1.165, 1.54) is 5.01 Å². The summed E-state index contributed by atoms with van der Waals surface area (Å²) in [5.41, 5.74) is 0. The van der Waals surface area contributed by atoms with Crippen molar-refractivity contribution in [3.8, 4) is 17.2 Å². The van der Waals surface area contributed by atoms with E-state index in [1.807, 2.05) is 42.5 Å². The molecule has 0 saturated carbocycles. The third-order valence-electron chi connectivity index (χ3n) is 5.22. The summed E-state index contributed by atoms with van der Waals surface area (Å²) in [6, 6.07) is 16.7. The van der Waals surface area contributed by atoms with Gasteiger partial charge in [0.05, 0.1) is 39.5 Å². The Hall–Kier alpha value is -2.26. The number of rotatable bonds is 16. The third kappa shape index (κ3) is 6.79. The molecular formula is C24H35N3O8P2. The quantitative estimate of drug-likeness (QED) is 0.208. The molecule has 0 radical (unpaired) electrons. The topological polar surface area (TPSA) is 117 Å². The molecule has 0 N–H and O–H groups in total. The Labute approximate surface area is 218 Å². The molecule has 11 nitrogen and oxygen atoms in total. The predicted molar refractivity (Wildman–Crippen MR) is 139 cm³/mol. The molecule has 3 rings (SSSR count). The summed E-state index contributed by atoms with van der Waals surface area (Å²) < 4.78 is 61.7. The maximum Gasteiger partial charge on any atom is 0.374 e. The Kier molecular flexibility index (Phi) is 10.7. The number of ether oxygens (including phenoxy) is 2. The van der Waals surface area contributed by atoms with E-state index in [0.29, 0.717) is 11.5 Å². The van der Waals surface area contributed by atoms with Gasteiger partial charge in [0.15, 0.2) is 0 Å². The molecule has 0 bridgehead atoms. The van der Waals surface area contributed by atoms with Crippen LogP contribution in [-0.4, -0.2) is 56.2 Å². The van der Waals surface area contributed by atoms with Gasteiger partial charge in [0.2, 0.25) is 0 Å². The molecule has 0 atom stereocenters. The van der Waals surface area contributed by atoms with Gasteiger partial charge in [-0.1, -0.05) is 23.4 Å². The van der Waals surface area contributed by atoms with Gasteiger partial charge in [0.1, 0.15) is 23.9 Å². The molecule has 0 spiro atoms. The second-order valence-corrected chi connectivity index (χ2v) is 12.6. The monoisotopic (exact) mass is 555 g/mol. The van der Waals surface area contributed by atoms with Crippen molar-refractivity contribution >= 4 is 15.2 Å². The number of nitrogens with zero attached hydrogens (tertiary/aromatic N) is 3. The van der Waals surface area contributed by atoms with Crippen LogP contribution in [0, 0.1) is 0 Å². The lowest BCUT2D eigenvalue weighted by Gasteiger charge is -2.36. The Morgan fingerprint density at radius 3 is 1.76 bits per heavy atom. The highest BCUT2D eigenvalue weighted by Crippen LogP contribution is 2.79. The van der Waals surface area contributed by atoms with Crippen molar-refractivity contribution in [3.05, 3.63) is 54.6 Å². The first-order chi connectivity index (χ1) is 17.8. The van der Waals surface area contributed by atoms with Gasteiger partial charge in [0.25, 0.3) is 0 Å². The normalized spacial score (nSPS) is 15.2. The highest BCUT2D eigenvalue weighted by Gasteiger charge is 2.69. The van der Waals surface area contributed by atoms with Crippen LogP contribution < -0.4 is 9.47 Å². The van der Waals surface area contributed by atoms with Crippen molar-refractivity contribution in [2.45, 2.75) is 32.7 Å². The van der Waals surface area contributed by atoms with Crippen LogP contribution in [0.25, 0.3) is 0 Å². The average molecular weight is 556 g/mol. The van der Waals surface area contributed by atoms with E-state index in [0.717, 1.165) is 5.75 Å². The number of benzene rings is 2. The zero-order valence-electron chi connectivity index (χ0n) is 21.6.